The summed E-state index contributed by atoms with van der Waals surface area (Å²) in [4.78, 5) is 37.7. The number of hydrogen-bond donors (Lipinski definition) is 0. The highest BCUT2D eigenvalue weighted by Crippen LogP contribution is 2.35. The summed E-state index contributed by atoms with van der Waals surface area (Å²) in [5.41, 5.74) is 1.94. The van der Waals surface area contributed by atoms with Crippen molar-refractivity contribution in [3.63, 3.8) is 0 Å². The van der Waals surface area contributed by atoms with E-state index in [9.17, 15) is 14.4 Å². The number of para-hydroxylation sites is 1. The first kappa shape index (κ1) is 17.3. The summed E-state index contributed by atoms with van der Waals surface area (Å²) in [6, 6.07) is 6.95. The van der Waals surface area contributed by atoms with Gasteiger partial charge >= 0.3 is 5.97 Å². The van der Waals surface area contributed by atoms with Crippen LogP contribution in [0.25, 0.3) is 17.0 Å². The van der Waals surface area contributed by atoms with Gasteiger partial charge in [-0.2, -0.15) is 0 Å². The van der Waals surface area contributed by atoms with Crippen LogP contribution in [0.2, 0.25) is 0 Å². The molecule has 1 aliphatic rings. The molecule has 0 spiro atoms. The van der Waals surface area contributed by atoms with Crippen molar-refractivity contribution in [3.8, 4) is 0 Å². The Labute approximate surface area is 149 Å². The van der Waals surface area contributed by atoms with Crippen LogP contribution in [0.3, 0.4) is 0 Å². The highest BCUT2D eigenvalue weighted by Gasteiger charge is 2.41. The van der Waals surface area contributed by atoms with Crippen LogP contribution in [-0.2, 0) is 20.9 Å². The zero-order valence-electron chi connectivity index (χ0n) is 14.2. The van der Waals surface area contributed by atoms with E-state index in [1.54, 1.807) is 6.08 Å². The lowest BCUT2D eigenvalue weighted by Gasteiger charge is -2.18. The minimum atomic E-state index is -0.944. The smallest absolute Gasteiger partial charge is 0.328 e. The summed E-state index contributed by atoms with van der Waals surface area (Å²) in [6.45, 7) is 4.32. The molecule has 0 saturated carbocycles. The number of fused-ring (bicyclic) bond motifs is 1. The molecule has 0 radical (unpaired) electrons. The second-order valence-corrected chi connectivity index (χ2v) is 6.63. The molecule has 0 aliphatic carbocycles. The molecule has 1 aliphatic heterocycles. The van der Waals surface area contributed by atoms with Crippen molar-refractivity contribution in [1.82, 2.24) is 9.47 Å². The third kappa shape index (κ3) is 2.95. The number of carbonyl (C=O) groups is 3. The molecule has 2 aromatic rings. The third-order valence-electron chi connectivity index (χ3n) is 4.20. The van der Waals surface area contributed by atoms with Crippen LogP contribution in [0.1, 0.15) is 19.4 Å². The molecule has 1 fully saturated rings. The number of benzene rings is 1. The van der Waals surface area contributed by atoms with Crippen molar-refractivity contribution < 1.29 is 19.1 Å². The Morgan fingerprint density at radius 3 is 2.72 bits per heavy atom. The lowest BCUT2D eigenvalue weighted by molar-refractivity contribution is -0.148. The standard InChI is InChI=1S/C18H18N2O4S/c1-4-19-10-12(13-7-5-6-8-14(13)19)9-15-16(21)20(18(23)25-15)11(2)17(22)24-3/h5-11H,4H2,1-3H3/b15-9+. The molecule has 7 heteroatoms. The second-order valence-electron chi connectivity index (χ2n) is 5.64. The molecule has 0 bridgehead atoms. The fraction of sp³-hybridized carbons (Fsp3) is 0.278. The predicted molar refractivity (Wildman–Crippen MR) is 96.9 cm³/mol. The molecule has 1 atom stereocenters. The molecule has 130 valence electrons. The number of ether oxygens (including phenoxy) is 1. The number of nitrogens with zero attached hydrogens (tertiary/aromatic N) is 2. The number of aryl methyl sites for hydroxylation is 1. The zero-order chi connectivity index (χ0) is 18.1. The topological polar surface area (TPSA) is 68.6 Å². The van der Waals surface area contributed by atoms with Crippen LogP contribution in [0, 0.1) is 0 Å². The van der Waals surface area contributed by atoms with E-state index in [1.165, 1.54) is 14.0 Å². The van der Waals surface area contributed by atoms with Crippen LogP contribution in [0.5, 0.6) is 0 Å². The minimum absolute atomic E-state index is 0.305. The highest BCUT2D eigenvalue weighted by atomic mass is 32.2. The van der Waals surface area contributed by atoms with Gasteiger partial charge in [0.1, 0.15) is 6.04 Å². The Bertz CT molecular complexity index is 900. The molecule has 1 aromatic carbocycles. The van der Waals surface area contributed by atoms with Crippen molar-refractivity contribution in [2.24, 2.45) is 0 Å². The van der Waals surface area contributed by atoms with Crippen LogP contribution < -0.4 is 0 Å². The summed E-state index contributed by atoms with van der Waals surface area (Å²) < 4.78 is 6.72. The van der Waals surface area contributed by atoms with E-state index in [-0.39, 0.29) is 0 Å². The number of methoxy groups -OCH3 is 1. The molecule has 0 N–H and O–H groups in total. The van der Waals surface area contributed by atoms with Gasteiger partial charge in [-0.1, -0.05) is 18.2 Å². The van der Waals surface area contributed by atoms with Crippen LogP contribution in [0.15, 0.2) is 35.4 Å². The summed E-state index contributed by atoms with van der Waals surface area (Å²) in [5, 5.41) is 0.547. The molecule has 2 amide bonds. The maximum Gasteiger partial charge on any atom is 0.328 e. The number of thioether (sulfide) groups is 1. The van der Waals surface area contributed by atoms with Crippen molar-refractivity contribution >= 4 is 45.9 Å². The number of aromatic nitrogens is 1. The summed E-state index contributed by atoms with van der Waals surface area (Å²) in [6.07, 6.45) is 3.67. The summed E-state index contributed by atoms with van der Waals surface area (Å²) >= 11 is 0.840. The van der Waals surface area contributed by atoms with Crippen LogP contribution >= 0.6 is 11.8 Å². The fourth-order valence-electron chi connectivity index (χ4n) is 2.88. The predicted octanol–water partition coefficient (Wildman–Crippen LogP) is 3.26. The van der Waals surface area contributed by atoms with Crippen molar-refractivity contribution in [3.05, 3.63) is 40.9 Å². The molecule has 1 aromatic heterocycles. The quantitative estimate of drug-likeness (QED) is 0.620. The van der Waals surface area contributed by atoms with E-state index in [1.807, 2.05) is 37.4 Å². The Balaban J connectivity index is 1.99. The van der Waals surface area contributed by atoms with Gasteiger partial charge in [-0.05, 0) is 37.8 Å². The van der Waals surface area contributed by atoms with Gasteiger partial charge in [-0.25, -0.2) is 4.79 Å². The van der Waals surface area contributed by atoms with Gasteiger partial charge in [-0.3, -0.25) is 14.5 Å². The highest BCUT2D eigenvalue weighted by molar-refractivity contribution is 8.18. The lowest BCUT2D eigenvalue weighted by Crippen LogP contribution is -2.42. The van der Waals surface area contributed by atoms with Gasteiger partial charge in [0, 0.05) is 29.2 Å². The maximum absolute atomic E-state index is 12.6. The summed E-state index contributed by atoms with van der Waals surface area (Å²) in [5.74, 6) is -1.09. The molecule has 3 rings (SSSR count). The number of esters is 1. The Morgan fingerprint density at radius 1 is 1.32 bits per heavy atom. The largest absolute Gasteiger partial charge is 0.467 e. The molecular weight excluding hydrogens is 340 g/mol. The lowest BCUT2D eigenvalue weighted by atomic mass is 10.1. The number of imide groups is 1. The van der Waals surface area contributed by atoms with Crippen LogP contribution in [-0.4, -0.2) is 39.7 Å². The molecule has 2 heterocycles. The average Bonchev–Trinajstić information content (AvgIpc) is 3.11. The minimum Gasteiger partial charge on any atom is -0.467 e. The molecule has 1 unspecified atom stereocenters. The normalized spacial score (nSPS) is 17.6. The van der Waals surface area contributed by atoms with E-state index in [0.717, 1.165) is 39.7 Å². The van der Waals surface area contributed by atoms with Gasteiger partial charge in [0.05, 0.1) is 12.0 Å². The molecule has 25 heavy (non-hydrogen) atoms. The number of rotatable bonds is 4. The van der Waals surface area contributed by atoms with E-state index >= 15 is 0 Å². The second kappa shape index (κ2) is 6.76. The number of carbonyl (C=O) groups excluding carboxylic acids is 3. The van der Waals surface area contributed by atoms with Crippen molar-refractivity contribution in [1.29, 1.82) is 0 Å². The van der Waals surface area contributed by atoms with E-state index in [4.69, 9.17) is 0 Å². The van der Waals surface area contributed by atoms with Crippen LogP contribution in [0.4, 0.5) is 4.79 Å². The van der Waals surface area contributed by atoms with Gasteiger partial charge in [0.2, 0.25) is 0 Å². The SMILES string of the molecule is CCn1cc(/C=C2/SC(=O)N(C(C)C(=O)OC)C2=O)c2ccccc21. The fourth-order valence-corrected chi connectivity index (χ4v) is 3.78. The molecule has 1 saturated heterocycles. The third-order valence-corrected chi connectivity index (χ3v) is 5.08. The van der Waals surface area contributed by atoms with E-state index in [2.05, 4.69) is 9.30 Å². The molecule has 6 nitrogen and oxygen atoms in total. The number of amides is 2. The van der Waals surface area contributed by atoms with Crippen molar-refractivity contribution in [2.75, 3.05) is 7.11 Å². The van der Waals surface area contributed by atoms with Gasteiger partial charge < -0.3 is 9.30 Å². The zero-order valence-corrected chi connectivity index (χ0v) is 15.0. The Hall–Kier alpha value is -2.54. The van der Waals surface area contributed by atoms with Crippen molar-refractivity contribution in [2.45, 2.75) is 26.4 Å². The average molecular weight is 358 g/mol. The van der Waals surface area contributed by atoms with Gasteiger partial charge in [0.15, 0.2) is 0 Å². The Morgan fingerprint density at radius 2 is 2.04 bits per heavy atom. The monoisotopic (exact) mass is 358 g/mol. The number of hydrogen-bond acceptors (Lipinski definition) is 5. The van der Waals surface area contributed by atoms with Gasteiger partial charge in [-0.15, -0.1) is 0 Å². The van der Waals surface area contributed by atoms with E-state index < -0.39 is 23.2 Å². The molecular formula is C18H18N2O4S. The Kier molecular flexibility index (Phi) is 4.67. The van der Waals surface area contributed by atoms with Gasteiger partial charge in [0.25, 0.3) is 11.1 Å². The maximum atomic E-state index is 12.6. The first-order valence-corrected chi connectivity index (χ1v) is 8.72. The first-order chi connectivity index (χ1) is 12.0. The van der Waals surface area contributed by atoms with E-state index in [0.29, 0.717) is 4.91 Å². The summed E-state index contributed by atoms with van der Waals surface area (Å²) in [7, 11) is 1.23. The first-order valence-electron chi connectivity index (χ1n) is 7.90.